The highest BCUT2D eigenvalue weighted by Crippen LogP contribution is 2.20. The maximum atomic E-state index is 13.1. The van der Waals surface area contributed by atoms with Crippen LogP contribution < -0.4 is 0 Å². The number of methoxy groups -OCH3 is 1. The molecule has 1 aromatic rings. The Hall–Kier alpha value is -1.49. The predicted molar refractivity (Wildman–Crippen MR) is 48.1 cm³/mol. The minimum absolute atomic E-state index is 0.157. The fourth-order valence-electron chi connectivity index (χ4n) is 1.07. The third-order valence-electron chi connectivity index (χ3n) is 2.04. The normalized spacial score (nSPS) is 12.3. The van der Waals surface area contributed by atoms with Crippen molar-refractivity contribution in [2.24, 2.45) is 0 Å². The fraction of sp³-hybridized carbons (Fsp3) is 0.300. The van der Waals surface area contributed by atoms with E-state index >= 15 is 0 Å². The number of esters is 1. The van der Waals surface area contributed by atoms with E-state index in [1.807, 2.05) is 0 Å². The van der Waals surface area contributed by atoms with Crippen molar-refractivity contribution < 1.29 is 23.4 Å². The van der Waals surface area contributed by atoms with Gasteiger partial charge in [0, 0.05) is 5.56 Å². The molecule has 0 saturated carbocycles. The number of aliphatic hydroxyl groups excluding tert-OH is 1. The molecule has 1 atom stereocenters. The molecule has 0 fully saturated rings. The summed E-state index contributed by atoms with van der Waals surface area (Å²) in [5.74, 6) is -2.58. The summed E-state index contributed by atoms with van der Waals surface area (Å²) in [7, 11) is 1.08. The van der Waals surface area contributed by atoms with Crippen molar-refractivity contribution in [1.29, 1.82) is 0 Å². The Kier molecular flexibility index (Phi) is 3.36. The SMILES string of the molecule is COC(=O)C(O)c1cc(F)c(C)c(F)c1. The molecule has 1 rings (SSSR count). The van der Waals surface area contributed by atoms with Crippen molar-refractivity contribution >= 4 is 5.97 Å². The highest BCUT2D eigenvalue weighted by molar-refractivity contribution is 5.76. The third kappa shape index (κ3) is 2.30. The number of hydrogen-bond acceptors (Lipinski definition) is 3. The smallest absolute Gasteiger partial charge is 0.339 e. The summed E-state index contributed by atoms with van der Waals surface area (Å²) in [6.45, 7) is 1.26. The van der Waals surface area contributed by atoms with E-state index in [0.29, 0.717) is 0 Å². The molecule has 1 unspecified atom stereocenters. The summed E-state index contributed by atoms with van der Waals surface area (Å²) in [6, 6.07) is 1.81. The predicted octanol–water partition coefficient (Wildman–Crippen LogP) is 1.48. The van der Waals surface area contributed by atoms with Crippen LogP contribution in [0.2, 0.25) is 0 Å². The number of halogens is 2. The minimum atomic E-state index is -1.67. The maximum Gasteiger partial charge on any atom is 0.339 e. The Morgan fingerprint density at radius 3 is 2.27 bits per heavy atom. The van der Waals surface area contributed by atoms with Gasteiger partial charge in [-0.3, -0.25) is 0 Å². The topological polar surface area (TPSA) is 46.5 Å². The van der Waals surface area contributed by atoms with Crippen molar-refractivity contribution in [3.05, 3.63) is 34.9 Å². The van der Waals surface area contributed by atoms with E-state index in [9.17, 15) is 18.7 Å². The lowest BCUT2D eigenvalue weighted by atomic mass is 10.1. The first-order valence-electron chi connectivity index (χ1n) is 4.18. The number of carbonyl (C=O) groups excluding carboxylic acids is 1. The van der Waals surface area contributed by atoms with Gasteiger partial charge in [-0.2, -0.15) is 0 Å². The van der Waals surface area contributed by atoms with E-state index in [4.69, 9.17) is 0 Å². The summed E-state index contributed by atoms with van der Waals surface area (Å²) >= 11 is 0. The van der Waals surface area contributed by atoms with E-state index in [1.165, 1.54) is 6.92 Å². The average Bonchev–Trinajstić information content (AvgIpc) is 2.23. The third-order valence-corrected chi connectivity index (χ3v) is 2.04. The van der Waals surface area contributed by atoms with Crippen molar-refractivity contribution in [3.63, 3.8) is 0 Å². The van der Waals surface area contributed by atoms with Gasteiger partial charge in [0.15, 0.2) is 6.10 Å². The average molecular weight is 216 g/mol. The number of hydrogen-bond donors (Lipinski definition) is 1. The van der Waals surface area contributed by atoms with Crippen LogP contribution in [0.1, 0.15) is 17.2 Å². The van der Waals surface area contributed by atoms with Gasteiger partial charge >= 0.3 is 5.97 Å². The van der Waals surface area contributed by atoms with Crippen LogP contribution >= 0.6 is 0 Å². The number of benzene rings is 1. The molecule has 0 saturated heterocycles. The second-order valence-corrected chi connectivity index (χ2v) is 3.04. The monoisotopic (exact) mass is 216 g/mol. The van der Waals surface area contributed by atoms with Gasteiger partial charge in [0.2, 0.25) is 0 Å². The second-order valence-electron chi connectivity index (χ2n) is 3.04. The van der Waals surface area contributed by atoms with Gasteiger partial charge in [0.25, 0.3) is 0 Å². The second kappa shape index (κ2) is 4.35. The van der Waals surface area contributed by atoms with Crippen molar-refractivity contribution in [3.8, 4) is 0 Å². The summed E-state index contributed by atoms with van der Waals surface area (Å²) in [5, 5.41) is 9.32. The Balaban J connectivity index is 3.11. The van der Waals surface area contributed by atoms with Crippen molar-refractivity contribution in [1.82, 2.24) is 0 Å². The van der Waals surface area contributed by atoms with Gasteiger partial charge in [0.05, 0.1) is 7.11 Å². The van der Waals surface area contributed by atoms with Crippen LogP contribution in [0.4, 0.5) is 8.78 Å². The lowest BCUT2D eigenvalue weighted by Gasteiger charge is -2.09. The molecule has 1 aromatic carbocycles. The molecule has 0 aromatic heterocycles. The zero-order chi connectivity index (χ0) is 11.6. The van der Waals surface area contributed by atoms with E-state index in [0.717, 1.165) is 19.2 Å². The summed E-state index contributed by atoms with van der Waals surface area (Å²) in [4.78, 5) is 10.9. The molecule has 0 radical (unpaired) electrons. The molecule has 1 N–H and O–H groups in total. The number of aliphatic hydroxyl groups is 1. The van der Waals surface area contributed by atoms with Crippen LogP contribution in [0, 0.1) is 18.6 Å². The quantitative estimate of drug-likeness (QED) is 0.761. The first-order valence-corrected chi connectivity index (χ1v) is 4.18. The molecule has 0 heterocycles. The van der Waals surface area contributed by atoms with Crippen LogP contribution in [-0.4, -0.2) is 18.2 Å². The lowest BCUT2D eigenvalue weighted by Crippen LogP contribution is -2.14. The molecule has 0 spiro atoms. The summed E-state index contributed by atoms with van der Waals surface area (Å²) in [5.41, 5.74) is -0.321. The summed E-state index contributed by atoms with van der Waals surface area (Å²) in [6.07, 6.45) is -1.67. The zero-order valence-corrected chi connectivity index (χ0v) is 8.25. The first kappa shape index (κ1) is 11.6. The highest BCUT2D eigenvalue weighted by atomic mass is 19.1. The highest BCUT2D eigenvalue weighted by Gasteiger charge is 2.20. The van der Waals surface area contributed by atoms with Crippen molar-refractivity contribution in [2.75, 3.05) is 7.11 Å². The molecule has 0 aliphatic rings. The van der Waals surface area contributed by atoms with Gasteiger partial charge in [-0.25, -0.2) is 13.6 Å². The van der Waals surface area contributed by atoms with Gasteiger partial charge in [0.1, 0.15) is 11.6 Å². The molecule has 0 amide bonds. The van der Waals surface area contributed by atoms with Crippen LogP contribution in [0.25, 0.3) is 0 Å². The van der Waals surface area contributed by atoms with Gasteiger partial charge < -0.3 is 9.84 Å². The fourth-order valence-corrected chi connectivity index (χ4v) is 1.07. The summed E-state index contributed by atoms with van der Waals surface area (Å²) < 4.78 is 30.4. The maximum absolute atomic E-state index is 13.1. The Morgan fingerprint density at radius 2 is 1.87 bits per heavy atom. The molecule has 0 bridgehead atoms. The van der Waals surface area contributed by atoms with Crippen molar-refractivity contribution in [2.45, 2.75) is 13.0 Å². The Labute approximate surface area is 85.3 Å². The van der Waals surface area contributed by atoms with Gasteiger partial charge in [-0.15, -0.1) is 0 Å². The first-order chi connectivity index (χ1) is 6.97. The molecule has 5 heteroatoms. The largest absolute Gasteiger partial charge is 0.467 e. The van der Waals surface area contributed by atoms with Gasteiger partial charge in [-0.1, -0.05) is 0 Å². The van der Waals surface area contributed by atoms with Crippen LogP contribution in [0.15, 0.2) is 12.1 Å². The molecule has 82 valence electrons. The van der Waals surface area contributed by atoms with E-state index in [1.54, 1.807) is 0 Å². The van der Waals surface area contributed by atoms with E-state index in [-0.39, 0.29) is 11.1 Å². The van der Waals surface area contributed by atoms with Crippen LogP contribution in [-0.2, 0) is 9.53 Å². The molecular weight excluding hydrogens is 206 g/mol. The number of rotatable bonds is 2. The number of carbonyl (C=O) groups is 1. The van der Waals surface area contributed by atoms with E-state index in [2.05, 4.69) is 4.74 Å². The van der Waals surface area contributed by atoms with Crippen LogP contribution in [0.5, 0.6) is 0 Å². The minimum Gasteiger partial charge on any atom is -0.467 e. The molecular formula is C10H10F2O3. The van der Waals surface area contributed by atoms with E-state index < -0.39 is 23.7 Å². The van der Waals surface area contributed by atoms with Gasteiger partial charge in [-0.05, 0) is 24.6 Å². The Bertz CT molecular complexity index is 367. The molecule has 15 heavy (non-hydrogen) atoms. The lowest BCUT2D eigenvalue weighted by molar-refractivity contribution is -0.150. The van der Waals surface area contributed by atoms with Crippen LogP contribution in [0.3, 0.4) is 0 Å². The molecule has 3 nitrogen and oxygen atoms in total. The zero-order valence-electron chi connectivity index (χ0n) is 8.25. The molecule has 0 aliphatic heterocycles. The standard InChI is InChI=1S/C10H10F2O3/c1-5-7(11)3-6(4-8(5)12)9(13)10(14)15-2/h3-4,9,13H,1-2H3. The molecule has 0 aliphatic carbocycles. The Morgan fingerprint density at radius 1 is 1.40 bits per heavy atom. The number of ether oxygens (including phenoxy) is 1.